The molecule has 57 heavy (non-hydrogen) atoms. The molecule has 304 valence electrons. The lowest BCUT2D eigenvalue weighted by Crippen LogP contribution is -2.59. The fourth-order valence-corrected chi connectivity index (χ4v) is 7.49. The molecule has 5 amide bonds. The Balaban J connectivity index is 1.38. The van der Waals surface area contributed by atoms with Gasteiger partial charge in [0.15, 0.2) is 0 Å². The van der Waals surface area contributed by atoms with E-state index in [0.717, 1.165) is 32.1 Å². The molecule has 1 aliphatic rings. The highest BCUT2D eigenvalue weighted by Crippen LogP contribution is 2.25. The number of nitrogens with one attached hydrogen (secondary N) is 3. The molecule has 2 heterocycles. The van der Waals surface area contributed by atoms with Gasteiger partial charge in [-0.1, -0.05) is 117 Å². The van der Waals surface area contributed by atoms with Crippen LogP contribution < -0.4 is 16.1 Å². The third kappa shape index (κ3) is 11.5. The van der Waals surface area contributed by atoms with Crippen LogP contribution >= 0.6 is 15.9 Å². The van der Waals surface area contributed by atoms with Gasteiger partial charge >= 0.3 is 12.1 Å². The molecule has 5 rings (SSSR count). The predicted octanol–water partition coefficient (Wildman–Crippen LogP) is 5.95. The lowest BCUT2D eigenvalue weighted by atomic mass is 9.95. The first-order chi connectivity index (χ1) is 27.4. The van der Waals surface area contributed by atoms with Gasteiger partial charge in [0, 0.05) is 48.8 Å². The molecule has 1 saturated heterocycles. The van der Waals surface area contributed by atoms with Gasteiger partial charge in [0.05, 0.1) is 17.7 Å². The lowest BCUT2D eigenvalue weighted by Gasteiger charge is -2.35. The molecule has 1 aromatic heterocycles. The molecule has 0 aliphatic carbocycles. The largest absolute Gasteiger partial charge is 0.465 e. The van der Waals surface area contributed by atoms with E-state index in [1.807, 2.05) is 106 Å². The minimum atomic E-state index is -1.32. The first-order valence-electron chi connectivity index (χ1n) is 19.6. The van der Waals surface area contributed by atoms with Crippen molar-refractivity contribution >= 4 is 50.8 Å². The van der Waals surface area contributed by atoms with Gasteiger partial charge in [0.1, 0.15) is 12.1 Å². The van der Waals surface area contributed by atoms with Crippen molar-refractivity contribution in [1.82, 2.24) is 35.9 Å². The van der Waals surface area contributed by atoms with Crippen LogP contribution in [0.25, 0.3) is 10.9 Å². The number of carbonyl (C=O) groups is 4. The smallest absolute Gasteiger partial charge is 0.405 e. The van der Waals surface area contributed by atoms with Gasteiger partial charge in [0.2, 0.25) is 5.91 Å². The molecule has 14 heteroatoms. The zero-order valence-corrected chi connectivity index (χ0v) is 34.6. The Hall–Kier alpha value is -5.05. The molecular formula is C43H54BrN7O6. The summed E-state index contributed by atoms with van der Waals surface area (Å²) in [6.07, 6.45) is 0.675. The molecule has 1 fully saturated rings. The maximum atomic E-state index is 14.5. The standard InChI is InChI=1S/C43H54BrN7O6/c1-5-28(3)38(47-42(55)56)40(53)48-50(25-31-16-18-33(44)19-17-31)27-37(52)36(24-30-12-8-7-9-13-30)46-41(54)39(29(4)6-2)51-23-22-49(43(51)57)26-32-20-21-45-35-15-11-10-14-34(32)35/h7-21,28-29,36-39,47,52H,5-6,22-27H2,1-4H3,(H,46,54)(H,48,53)(H,55,56). The van der Waals surface area contributed by atoms with E-state index < -0.39 is 36.2 Å². The Morgan fingerprint density at radius 1 is 0.860 bits per heavy atom. The number of carboxylic acid groups (broad SMARTS) is 1. The van der Waals surface area contributed by atoms with E-state index in [2.05, 4.69) is 37.0 Å². The van der Waals surface area contributed by atoms with Gasteiger partial charge in [0.25, 0.3) is 5.91 Å². The lowest BCUT2D eigenvalue weighted by molar-refractivity contribution is -0.132. The number of amides is 5. The molecule has 3 aromatic carbocycles. The molecule has 0 bridgehead atoms. The zero-order chi connectivity index (χ0) is 41.1. The Bertz CT molecular complexity index is 1960. The summed E-state index contributed by atoms with van der Waals surface area (Å²) in [6, 6.07) is 23.8. The number of aliphatic hydroxyl groups excluding tert-OH is 1. The zero-order valence-electron chi connectivity index (χ0n) is 33.0. The molecule has 6 atom stereocenters. The van der Waals surface area contributed by atoms with Crippen molar-refractivity contribution in [2.75, 3.05) is 19.6 Å². The highest BCUT2D eigenvalue weighted by molar-refractivity contribution is 9.10. The van der Waals surface area contributed by atoms with Gasteiger partial charge < -0.3 is 30.6 Å². The summed E-state index contributed by atoms with van der Waals surface area (Å²) in [7, 11) is 0. The van der Waals surface area contributed by atoms with Crippen LogP contribution in [0, 0.1) is 11.8 Å². The number of hydrogen-bond donors (Lipinski definition) is 5. The van der Waals surface area contributed by atoms with Crippen molar-refractivity contribution in [3.63, 3.8) is 0 Å². The van der Waals surface area contributed by atoms with Crippen LogP contribution in [-0.2, 0) is 29.1 Å². The number of aromatic nitrogens is 1. The Labute approximate surface area is 342 Å². The van der Waals surface area contributed by atoms with E-state index in [1.54, 1.807) is 27.9 Å². The van der Waals surface area contributed by atoms with Crippen LogP contribution in [0.2, 0.25) is 0 Å². The Morgan fingerprint density at radius 2 is 1.54 bits per heavy atom. The highest BCUT2D eigenvalue weighted by Gasteiger charge is 2.41. The van der Waals surface area contributed by atoms with Crippen LogP contribution in [0.4, 0.5) is 9.59 Å². The van der Waals surface area contributed by atoms with Crippen molar-refractivity contribution in [3.05, 3.63) is 112 Å². The molecule has 0 spiro atoms. The number of hydrogen-bond acceptors (Lipinski definition) is 7. The van der Waals surface area contributed by atoms with Gasteiger partial charge in [-0.2, -0.15) is 0 Å². The molecule has 1 aliphatic heterocycles. The predicted molar refractivity (Wildman–Crippen MR) is 223 cm³/mol. The summed E-state index contributed by atoms with van der Waals surface area (Å²) < 4.78 is 0.872. The number of carbonyl (C=O) groups excluding carboxylic acids is 3. The minimum Gasteiger partial charge on any atom is -0.465 e. The van der Waals surface area contributed by atoms with Crippen molar-refractivity contribution < 1.29 is 29.4 Å². The van der Waals surface area contributed by atoms with Crippen molar-refractivity contribution in [2.24, 2.45) is 11.8 Å². The van der Waals surface area contributed by atoms with Crippen LogP contribution in [0.1, 0.15) is 57.2 Å². The van der Waals surface area contributed by atoms with Gasteiger partial charge in [-0.3, -0.25) is 20.0 Å². The first-order valence-corrected chi connectivity index (χ1v) is 20.4. The minimum absolute atomic E-state index is 0.107. The van der Waals surface area contributed by atoms with E-state index in [0.29, 0.717) is 32.5 Å². The van der Waals surface area contributed by atoms with Gasteiger partial charge in [-0.05, 0) is 59.2 Å². The van der Waals surface area contributed by atoms with E-state index in [9.17, 15) is 29.4 Å². The third-order valence-corrected chi connectivity index (χ3v) is 11.4. The summed E-state index contributed by atoms with van der Waals surface area (Å²) in [5.74, 6) is -1.44. The van der Waals surface area contributed by atoms with E-state index in [4.69, 9.17) is 0 Å². The summed E-state index contributed by atoms with van der Waals surface area (Å²) in [5.41, 5.74) is 6.39. The first kappa shape index (κ1) is 43.1. The van der Waals surface area contributed by atoms with Gasteiger partial charge in [-0.25, -0.2) is 14.6 Å². The second-order valence-electron chi connectivity index (χ2n) is 14.9. The molecule has 6 unspecified atom stereocenters. The Kier molecular flexibility index (Phi) is 15.4. The van der Waals surface area contributed by atoms with E-state index in [1.165, 1.54) is 0 Å². The fraction of sp³-hybridized carbons (Fsp3) is 0.419. The molecule has 13 nitrogen and oxygen atoms in total. The summed E-state index contributed by atoms with van der Waals surface area (Å²) in [4.78, 5) is 61.8. The number of aliphatic hydroxyl groups is 1. The number of rotatable bonds is 19. The quantitative estimate of drug-likeness (QED) is 0.0722. The number of pyridine rings is 1. The number of hydrazine groups is 1. The number of fused-ring (bicyclic) bond motifs is 1. The number of urea groups is 1. The summed E-state index contributed by atoms with van der Waals surface area (Å²) in [5, 5.41) is 29.5. The average molecular weight is 845 g/mol. The molecule has 5 N–H and O–H groups in total. The molecule has 0 radical (unpaired) electrons. The normalized spacial score (nSPS) is 16.2. The number of benzene rings is 3. The SMILES string of the molecule is CCC(C)C(NC(=O)O)C(=O)NN(Cc1ccc(Br)cc1)CC(O)C(Cc1ccccc1)NC(=O)C(C(C)CC)N1CCN(Cc2ccnc3ccccc23)C1=O. The van der Waals surface area contributed by atoms with Crippen molar-refractivity contribution in [3.8, 4) is 0 Å². The second-order valence-corrected chi connectivity index (χ2v) is 15.8. The van der Waals surface area contributed by atoms with Crippen LogP contribution in [0.15, 0.2) is 95.6 Å². The molecule has 0 saturated carbocycles. The second kappa shape index (κ2) is 20.4. The maximum absolute atomic E-state index is 14.5. The van der Waals surface area contributed by atoms with Crippen LogP contribution in [0.3, 0.4) is 0 Å². The van der Waals surface area contributed by atoms with E-state index >= 15 is 0 Å². The van der Waals surface area contributed by atoms with Crippen LogP contribution in [0.5, 0.6) is 0 Å². The van der Waals surface area contributed by atoms with Crippen molar-refractivity contribution in [2.45, 2.75) is 84.3 Å². The monoisotopic (exact) mass is 843 g/mol. The topological polar surface area (TPSA) is 167 Å². The third-order valence-electron chi connectivity index (χ3n) is 10.8. The maximum Gasteiger partial charge on any atom is 0.405 e. The number of para-hydroxylation sites is 1. The Morgan fingerprint density at radius 3 is 2.23 bits per heavy atom. The fourth-order valence-electron chi connectivity index (χ4n) is 7.23. The van der Waals surface area contributed by atoms with Crippen LogP contribution in [-0.4, -0.2) is 97.8 Å². The molecular weight excluding hydrogens is 790 g/mol. The number of nitrogens with zero attached hydrogens (tertiary/aromatic N) is 4. The summed E-state index contributed by atoms with van der Waals surface area (Å²) >= 11 is 3.46. The van der Waals surface area contributed by atoms with E-state index in [-0.39, 0.29) is 43.3 Å². The summed E-state index contributed by atoms with van der Waals surface area (Å²) in [6.45, 7) is 8.87. The highest BCUT2D eigenvalue weighted by atomic mass is 79.9. The van der Waals surface area contributed by atoms with Crippen molar-refractivity contribution in [1.29, 1.82) is 0 Å². The number of halogens is 1. The molecule has 4 aromatic rings. The average Bonchev–Trinajstić information content (AvgIpc) is 3.55. The van der Waals surface area contributed by atoms with Gasteiger partial charge in [-0.15, -0.1) is 0 Å².